The van der Waals surface area contributed by atoms with E-state index in [1.807, 2.05) is 31.2 Å². The third kappa shape index (κ3) is 4.11. The molecule has 2 unspecified atom stereocenters. The van der Waals surface area contributed by atoms with Gasteiger partial charge in [-0.3, -0.25) is 4.21 Å². The van der Waals surface area contributed by atoms with Gasteiger partial charge < -0.3 is 10.4 Å². The maximum absolute atomic E-state index is 11.8. The molecule has 0 amide bonds. The van der Waals surface area contributed by atoms with E-state index in [1.165, 1.54) is 0 Å². The number of aryl methyl sites for hydroxylation is 1. The van der Waals surface area contributed by atoms with Gasteiger partial charge in [-0.1, -0.05) is 12.1 Å². The fourth-order valence-corrected chi connectivity index (χ4v) is 2.53. The second-order valence-corrected chi connectivity index (χ2v) is 5.04. The van der Waals surface area contributed by atoms with Crippen molar-refractivity contribution in [2.24, 2.45) is 0 Å². The monoisotopic (exact) mass is 227 g/mol. The van der Waals surface area contributed by atoms with Crippen molar-refractivity contribution in [3.05, 3.63) is 29.8 Å². The third-order valence-electron chi connectivity index (χ3n) is 2.04. The SMILES string of the molecule is CNCC(O)CS(=O)c1cccc(C)c1. The first-order valence-corrected chi connectivity index (χ1v) is 6.23. The highest BCUT2D eigenvalue weighted by molar-refractivity contribution is 7.85. The van der Waals surface area contributed by atoms with Crippen LogP contribution in [0, 0.1) is 6.92 Å². The summed E-state index contributed by atoms with van der Waals surface area (Å²) in [5.74, 6) is 0.282. The van der Waals surface area contributed by atoms with Gasteiger partial charge in [-0.2, -0.15) is 0 Å². The predicted octanol–water partition coefficient (Wildman–Crippen LogP) is 0.683. The molecule has 4 heteroatoms. The Hall–Kier alpha value is -0.710. The molecule has 0 heterocycles. The van der Waals surface area contributed by atoms with Crippen LogP contribution in [0.4, 0.5) is 0 Å². The van der Waals surface area contributed by atoms with Crippen molar-refractivity contribution in [1.29, 1.82) is 0 Å². The van der Waals surface area contributed by atoms with Crippen molar-refractivity contribution < 1.29 is 9.32 Å². The molecule has 1 rings (SSSR count). The van der Waals surface area contributed by atoms with Crippen molar-refractivity contribution >= 4 is 10.8 Å². The summed E-state index contributed by atoms with van der Waals surface area (Å²) in [6, 6.07) is 7.56. The lowest BCUT2D eigenvalue weighted by atomic mass is 10.2. The number of benzene rings is 1. The zero-order valence-electron chi connectivity index (χ0n) is 9.06. The highest BCUT2D eigenvalue weighted by Crippen LogP contribution is 2.09. The van der Waals surface area contributed by atoms with E-state index in [2.05, 4.69) is 5.32 Å². The predicted molar refractivity (Wildman–Crippen MR) is 62.4 cm³/mol. The van der Waals surface area contributed by atoms with E-state index in [4.69, 9.17) is 0 Å². The molecule has 0 fully saturated rings. The Morgan fingerprint density at radius 1 is 1.53 bits per heavy atom. The fraction of sp³-hybridized carbons (Fsp3) is 0.455. The van der Waals surface area contributed by atoms with Crippen LogP contribution in [0.5, 0.6) is 0 Å². The summed E-state index contributed by atoms with van der Waals surface area (Å²) in [4.78, 5) is 0.783. The normalized spacial score (nSPS) is 14.9. The van der Waals surface area contributed by atoms with Gasteiger partial charge in [-0.25, -0.2) is 0 Å². The first kappa shape index (κ1) is 12.4. The molecule has 0 aliphatic heterocycles. The van der Waals surface area contributed by atoms with Crippen molar-refractivity contribution in [1.82, 2.24) is 5.32 Å². The molecule has 84 valence electrons. The summed E-state index contributed by atoms with van der Waals surface area (Å²) >= 11 is 0. The Morgan fingerprint density at radius 3 is 2.87 bits per heavy atom. The minimum Gasteiger partial charge on any atom is -0.391 e. The Balaban J connectivity index is 2.61. The van der Waals surface area contributed by atoms with Gasteiger partial charge in [-0.05, 0) is 31.7 Å². The summed E-state index contributed by atoms with van der Waals surface area (Å²) in [5, 5.41) is 12.3. The molecular formula is C11H17NO2S. The second-order valence-electron chi connectivity index (χ2n) is 3.54. The molecule has 0 aliphatic carbocycles. The lowest BCUT2D eigenvalue weighted by Crippen LogP contribution is -2.28. The fourth-order valence-electron chi connectivity index (χ4n) is 1.32. The summed E-state index contributed by atoms with van der Waals surface area (Å²) in [7, 11) is 0.647. The molecule has 0 radical (unpaired) electrons. The average Bonchev–Trinajstić information content (AvgIpc) is 2.18. The Morgan fingerprint density at radius 2 is 2.27 bits per heavy atom. The lowest BCUT2D eigenvalue weighted by molar-refractivity contribution is 0.198. The third-order valence-corrected chi connectivity index (χ3v) is 3.50. The minimum absolute atomic E-state index is 0.282. The number of hydrogen-bond donors (Lipinski definition) is 2. The molecule has 0 spiro atoms. The Kier molecular flexibility index (Phi) is 4.94. The van der Waals surface area contributed by atoms with Gasteiger partial charge in [0.15, 0.2) is 0 Å². The summed E-state index contributed by atoms with van der Waals surface area (Å²) in [6.07, 6.45) is -0.559. The average molecular weight is 227 g/mol. The van der Waals surface area contributed by atoms with Gasteiger partial charge in [-0.15, -0.1) is 0 Å². The van der Waals surface area contributed by atoms with E-state index in [9.17, 15) is 9.32 Å². The van der Waals surface area contributed by atoms with Crippen LogP contribution in [0.3, 0.4) is 0 Å². The number of aliphatic hydroxyl groups is 1. The largest absolute Gasteiger partial charge is 0.391 e. The van der Waals surface area contributed by atoms with Crippen LogP contribution in [-0.2, 0) is 10.8 Å². The van der Waals surface area contributed by atoms with Crippen molar-refractivity contribution in [2.45, 2.75) is 17.9 Å². The van der Waals surface area contributed by atoms with Crippen LogP contribution in [0.15, 0.2) is 29.2 Å². The molecule has 0 aromatic heterocycles. The number of likely N-dealkylation sites (N-methyl/N-ethyl adjacent to an activating group) is 1. The van der Waals surface area contributed by atoms with E-state index in [0.29, 0.717) is 6.54 Å². The zero-order valence-corrected chi connectivity index (χ0v) is 9.88. The lowest BCUT2D eigenvalue weighted by Gasteiger charge is -2.09. The van der Waals surface area contributed by atoms with E-state index in [1.54, 1.807) is 7.05 Å². The number of rotatable bonds is 5. The van der Waals surface area contributed by atoms with Crippen LogP contribution < -0.4 is 5.32 Å². The van der Waals surface area contributed by atoms with E-state index < -0.39 is 16.9 Å². The maximum atomic E-state index is 11.8. The summed E-state index contributed by atoms with van der Waals surface area (Å²) < 4.78 is 11.8. The molecule has 3 nitrogen and oxygen atoms in total. The first-order chi connectivity index (χ1) is 7.13. The van der Waals surface area contributed by atoms with Crippen molar-refractivity contribution in [3.8, 4) is 0 Å². The highest BCUT2D eigenvalue weighted by Gasteiger charge is 2.10. The molecule has 15 heavy (non-hydrogen) atoms. The van der Waals surface area contributed by atoms with Gasteiger partial charge in [0.1, 0.15) is 0 Å². The molecule has 0 aliphatic rings. The van der Waals surface area contributed by atoms with Crippen molar-refractivity contribution in [2.75, 3.05) is 19.3 Å². The standard InChI is InChI=1S/C11H17NO2S/c1-9-4-3-5-11(6-9)15(14)8-10(13)7-12-2/h3-6,10,12-13H,7-8H2,1-2H3. The zero-order chi connectivity index (χ0) is 11.3. The number of nitrogens with one attached hydrogen (secondary N) is 1. The molecule has 0 bridgehead atoms. The number of aliphatic hydroxyl groups excluding tert-OH is 1. The molecule has 2 N–H and O–H groups in total. The quantitative estimate of drug-likeness (QED) is 0.778. The molecule has 2 atom stereocenters. The number of hydrogen-bond acceptors (Lipinski definition) is 3. The Labute approximate surface area is 93.0 Å². The summed E-state index contributed by atoms with van der Waals surface area (Å²) in [6.45, 7) is 2.43. The topological polar surface area (TPSA) is 49.3 Å². The summed E-state index contributed by atoms with van der Waals surface area (Å²) in [5.41, 5.74) is 1.09. The minimum atomic E-state index is -1.12. The smallest absolute Gasteiger partial charge is 0.0783 e. The van der Waals surface area contributed by atoms with Crippen LogP contribution >= 0.6 is 0 Å². The van der Waals surface area contributed by atoms with Gasteiger partial charge in [0.05, 0.1) is 22.7 Å². The molecule has 0 saturated carbocycles. The van der Waals surface area contributed by atoms with Gasteiger partial charge in [0.2, 0.25) is 0 Å². The maximum Gasteiger partial charge on any atom is 0.0783 e. The second kappa shape index (κ2) is 6.00. The van der Waals surface area contributed by atoms with Gasteiger partial charge >= 0.3 is 0 Å². The molecular weight excluding hydrogens is 210 g/mol. The first-order valence-electron chi connectivity index (χ1n) is 4.91. The highest BCUT2D eigenvalue weighted by atomic mass is 32.2. The van der Waals surface area contributed by atoms with Crippen LogP contribution in [-0.4, -0.2) is 34.8 Å². The Bertz CT molecular complexity index is 341. The van der Waals surface area contributed by atoms with E-state index >= 15 is 0 Å². The van der Waals surface area contributed by atoms with E-state index in [0.717, 1.165) is 10.5 Å². The van der Waals surface area contributed by atoms with Crippen LogP contribution in [0.25, 0.3) is 0 Å². The molecule has 0 saturated heterocycles. The molecule has 1 aromatic carbocycles. The van der Waals surface area contributed by atoms with Gasteiger partial charge in [0, 0.05) is 11.4 Å². The van der Waals surface area contributed by atoms with E-state index in [-0.39, 0.29) is 5.75 Å². The van der Waals surface area contributed by atoms with Gasteiger partial charge in [0.25, 0.3) is 0 Å². The van der Waals surface area contributed by atoms with Crippen molar-refractivity contribution in [3.63, 3.8) is 0 Å². The van der Waals surface area contributed by atoms with Crippen LogP contribution in [0.1, 0.15) is 5.56 Å². The molecule has 1 aromatic rings. The van der Waals surface area contributed by atoms with Crippen LogP contribution in [0.2, 0.25) is 0 Å².